The molecule has 1 aromatic rings. The van der Waals surface area contributed by atoms with Gasteiger partial charge >= 0.3 is 0 Å². The van der Waals surface area contributed by atoms with Gasteiger partial charge in [-0.2, -0.15) is 4.80 Å². The maximum absolute atomic E-state index is 6.18. The topological polar surface area (TPSA) is 69.6 Å². The summed E-state index contributed by atoms with van der Waals surface area (Å²) in [5.74, 6) is 0.770. The fourth-order valence-electron chi connectivity index (χ4n) is 1.96. The lowest BCUT2D eigenvalue weighted by Gasteiger charge is -2.20. The third-order valence-electron chi connectivity index (χ3n) is 2.66. The summed E-state index contributed by atoms with van der Waals surface area (Å²) >= 11 is 0. The van der Waals surface area contributed by atoms with Crippen molar-refractivity contribution in [2.45, 2.75) is 37.6 Å². The number of tetrazole rings is 1. The van der Waals surface area contributed by atoms with Gasteiger partial charge in [0.05, 0.1) is 7.05 Å². The van der Waals surface area contributed by atoms with Gasteiger partial charge in [0.1, 0.15) is 0 Å². The molecule has 0 spiro atoms. The summed E-state index contributed by atoms with van der Waals surface area (Å²) in [5, 5.41) is 11.9. The van der Waals surface area contributed by atoms with E-state index in [1.165, 1.54) is 17.6 Å². The Bertz CT molecular complexity index is 286. The molecule has 0 atom stereocenters. The van der Waals surface area contributed by atoms with E-state index in [2.05, 4.69) is 15.4 Å². The quantitative estimate of drug-likeness (QED) is 0.698. The second-order valence-electron chi connectivity index (χ2n) is 3.94. The van der Waals surface area contributed by atoms with Crippen LogP contribution in [0.25, 0.3) is 0 Å². The van der Waals surface area contributed by atoms with Gasteiger partial charge in [0.25, 0.3) is 0 Å². The van der Waals surface area contributed by atoms with Gasteiger partial charge < -0.3 is 5.73 Å². The van der Waals surface area contributed by atoms with Crippen LogP contribution in [0.5, 0.6) is 0 Å². The summed E-state index contributed by atoms with van der Waals surface area (Å²) in [6.45, 7) is 0. The standard InChI is InChI=1S/C8H15N5/c1-13-11-7(10-12-13)6-8(9)4-2-3-5-8/h2-6,9H2,1H3. The van der Waals surface area contributed by atoms with Crippen LogP contribution in [0.15, 0.2) is 0 Å². The van der Waals surface area contributed by atoms with E-state index in [0.717, 1.165) is 25.1 Å². The molecule has 1 fully saturated rings. The fraction of sp³-hybridized carbons (Fsp3) is 0.875. The number of aryl methyl sites for hydroxylation is 1. The third-order valence-corrected chi connectivity index (χ3v) is 2.66. The highest BCUT2D eigenvalue weighted by molar-refractivity contribution is 4.97. The van der Waals surface area contributed by atoms with E-state index in [4.69, 9.17) is 5.73 Å². The van der Waals surface area contributed by atoms with Crippen molar-refractivity contribution in [3.8, 4) is 0 Å². The molecule has 1 heterocycles. The Morgan fingerprint density at radius 1 is 1.46 bits per heavy atom. The first-order valence-corrected chi connectivity index (χ1v) is 4.70. The zero-order valence-electron chi connectivity index (χ0n) is 7.90. The van der Waals surface area contributed by atoms with Gasteiger partial charge in [-0.3, -0.25) is 0 Å². The average molecular weight is 181 g/mol. The van der Waals surface area contributed by atoms with E-state index in [-0.39, 0.29) is 5.54 Å². The number of aromatic nitrogens is 4. The first-order valence-electron chi connectivity index (χ1n) is 4.70. The summed E-state index contributed by atoms with van der Waals surface area (Å²) in [6.07, 6.45) is 5.41. The van der Waals surface area contributed by atoms with Crippen LogP contribution >= 0.6 is 0 Å². The Balaban J connectivity index is 2.04. The van der Waals surface area contributed by atoms with Gasteiger partial charge in [-0.05, 0) is 18.1 Å². The van der Waals surface area contributed by atoms with Crippen LogP contribution in [0.3, 0.4) is 0 Å². The molecule has 2 N–H and O–H groups in total. The van der Waals surface area contributed by atoms with E-state index in [1.807, 2.05) is 0 Å². The summed E-state index contributed by atoms with van der Waals surface area (Å²) in [7, 11) is 1.77. The fourth-order valence-corrected chi connectivity index (χ4v) is 1.96. The highest BCUT2D eigenvalue weighted by atomic mass is 15.6. The van der Waals surface area contributed by atoms with Crippen molar-refractivity contribution >= 4 is 0 Å². The van der Waals surface area contributed by atoms with Crippen LogP contribution in [0, 0.1) is 0 Å². The lowest BCUT2D eigenvalue weighted by molar-refractivity contribution is 0.425. The van der Waals surface area contributed by atoms with Gasteiger partial charge in [-0.25, -0.2) is 0 Å². The van der Waals surface area contributed by atoms with E-state index in [1.54, 1.807) is 7.05 Å². The molecule has 0 aliphatic heterocycles. The molecular formula is C8H15N5. The Kier molecular flexibility index (Phi) is 2.03. The van der Waals surface area contributed by atoms with Gasteiger partial charge in [-0.15, -0.1) is 10.2 Å². The number of nitrogens with zero attached hydrogens (tertiary/aromatic N) is 4. The normalized spacial score (nSPS) is 20.8. The smallest absolute Gasteiger partial charge is 0.176 e. The van der Waals surface area contributed by atoms with Crippen molar-refractivity contribution in [2.75, 3.05) is 0 Å². The van der Waals surface area contributed by atoms with Crippen molar-refractivity contribution < 1.29 is 0 Å². The van der Waals surface area contributed by atoms with Gasteiger partial charge in [0.2, 0.25) is 0 Å². The van der Waals surface area contributed by atoms with Crippen LogP contribution in [0.2, 0.25) is 0 Å². The Labute approximate surface area is 77.3 Å². The zero-order valence-corrected chi connectivity index (χ0v) is 7.90. The van der Waals surface area contributed by atoms with Crippen LogP contribution in [-0.2, 0) is 13.5 Å². The number of hydrogen-bond donors (Lipinski definition) is 1. The van der Waals surface area contributed by atoms with Crippen molar-refractivity contribution in [3.63, 3.8) is 0 Å². The molecule has 0 saturated heterocycles. The second-order valence-corrected chi connectivity index (χ2v) is 3.94. The third kappa shape index (κ3) is 1.85. The minimum atomic E-state index is -0.0664. The van der Waals surface area contributed by atoms with Crippen LogP contribution in [-0.4, -0.2) is 25.7 Å². The largest absolute Gasteiger partial charge is 0.325 e. The molecule has 1 saturated carbocycles. The molecule has 72 valence electrons. The lowest BCUT2D eigenvalue weighted by atomic mass is 9.95. The first kappa shape index (κ1) is 8.62. The van der Waals surface area contributed by atoms with Crippen LogP contribution < -0.4 is 5.73 Å². The predicted octanol–water partition coefficient (Wildman–Crippen LogP) is 0.0241. The maximum Gasteiger partial charge on any atom is 0.176 e. The molecule has 0 radical (unpaired) electrons. The van der Waals surface area contributed by atoms with Crippen molar-refractivity contribution in [1.29, 1.82) is 0 Å². The maximum atomic E-state index is 6.18. The molecule has 1 aromatic heterocycles. The molecule has 1 aliphatic carbocycles. The minimum Gasteiger partial charge on any atom is -0.325 e. The molecule has 2 rings (SSSR count). The summed E-state index contributed by atoms with van der Waals surface area (Å²) in [6, 6.07) is 0. The van der Waals surface area contributed by atoms with E-state index in [0.29, 0.717) is 0 Å². The number of rotatable bonds is 2. The molecular weight excluding hydrogens is 166 g/mol. The van der Waals surface area contributed by atoms with Crippen molar-refractivity contribution in [2.24, 2.45) is 12.8 Å². The first-order chi connectivity index (χ1) is 6.18. The zero-order chi connectivity index (χ0) is 9.31. The highest BCUT2D eigenvalue weighted by Crippen LogP contribution is 2.29. The highest BCUT2D eigenvalue weighted by Gasteiger charge is 2.30. The van der Waals surface area contributed by atoms with E-state index < -0.39 is 0 Å². The Hall–Kier alpha value is -0.970. The molecule has 13 heavy (non-hydrogen) atoms. The molecule has 0 amide bonds. The molecule has 5 nitrogen and oxygen atoms in total. The second kappa shape index (κ2) is 3.06. The summed E-state index contributed by atoms with van der Waals surface area (Å²) < 4.78 is 0. The molecule has 1 aliphatic rings. The van der Waals surface area contributed by atoms with Gasteiger partial charge in [-0.1, -0.05) is 12.8 Å². The van der Waals surface area contributed by atoms with Crippen LogP contribution in [0.1, 0.15) is 31.5 Å². The van der Waals surface area contributed by atoms with E-state index in [9.17, 15) is 0 Å². The molecule has 0 bridgehead atoms. The monoisotopic (exact) mass is 181 g/mol. The SMILES string of the molecule is Cn1nnc(CC2(N)CCCC2)n1. The van der Waals surface area contributed by atoms with Gasteiger partial charge in [0, 0.05) is 12.0 Å². The van der Waals surface area contributed by atoms with Gasteiger partial charge in [0.15, 0.2) is 5.82 Å². The average Bonchev–Trinajstić information content (AvgIpc) is 2.62. The molecule has 5 heteroatoms. The Morgan fingerprint density at radius 2 is 2.15 bits per heavy atom. The Morgan fingerprint density at radius 3 is 2.69 bits per heavy atom. The predicted molar refractivity (Wildman–Crippen MR) is 47.9 cm³/mol. The van der Waals surface area contributed by atoms with E-state index >= 15 is 0 Å². The number of hydrogen-bond acceptors (Lipinski definition) is 4. The minimum absolute atomic E-state index is 0.0664. The lowest BCUT2D eigenvalue weighted by Crippen LogP contribution is -2.39. The molecule has 0 aromatic carbocycles. The van der Waals surface area contributed by atoms with Crippen molar-refractivity contribution in [1.82, 2.24) is 20.2 Å². The summed E-state index contributed by atoms with van der Waals surface area (Å²) in [4.78, 5) is 1.48. The van der Waals surface area contributed by atoms with Crippen molar-refractivity contribution in [3.05, 3.63) is 5.82 Å². The molecule has 0 unspecified atom stereocenters. The van der Waals surface area contributed by atoms with Crippen LogP contribution in [0.4, 0.5) is 0 Å². The number of nitrogens with two attached hydrogens (primary N) is 1. The summed E-state index contributed by atoms with van der Waals surface area (Å²) in [5.41, 5.74) is 6.12.